The zero-order chi connectivity index (χ0) is 20.7. The summed E-state index contributed by atoms with van der Waals surface area (Å²) in [6.45, 7) is 2.01. The van der Waals surface area contributed by atoms with E-state index in [1.807, 2.05) is 86.8 Å². The molecule has 2 heterocycles. The molecule has 0 aliphatic carbocycles. The first-order chi connectivity index (χ1) is 14.6. The van der Waals surface area contributed by atoms with Crippen LogP contribution in [0.4, 0.5) is 0 Å². The molecule has 146 valence electrons. The molecular formula is C26H21N3O. The first-order valence-corrected chi connectivity index (χ1v) is 9.93. The minimum absolute atomic E-state index is 0.0625. The maximum atomic E-state index is 13.4. The van der Waals surface area contributed by atoms with Crippen molar-refractivity contribution in [2.45, 2.75) is 6.92 Å². The van der Waals surface area contributed by atoms with Crippen LogP contribution in [0, 0.1) is 6.92 Å². The molecule has 0 atom stereocenters. The van der Waals surface area contributed by atoms with E-state index in [1.54, 1.807) is 4.57 Å². The van der Waals surface area contributed by atoms with E-state index in [0.29, 0.717) is 16.7 Å². The van der Waals surface area contributed by atoms with Crippen LogP contribution in [0.2, 0.25) is 0 Å². The van der Waals surface area contributed by atoms with Crippen LogP contribution in [-0.2, 0) is 7.05 Å². The highest BCUT2D eigenvalue weighted by molar-refractivity contribution is 5.92. The van der Waals surface area contributed by atoms with Crippen LogP contribution in [-0.4, -0.2) is 14.1 Å². The zero-order valence-corrected chi connectivity index (χ0v) is 16.9. The Morgan fingerprint density at radius 2 is 1.53 bits per heavy atom. The Labute approximate surface area is 174 Å². The van der Waals surface area contributed by atoms with E-state index in [1.165, 1.54) is 10.9 Å². The number of aromatic nitrogens is 3. The molecule has 5 aromatic rings. The Morgan fingerprint density at radius 1 is 0.833 bits per heavy atom. The van der Waals surface area contributed by atoms with Crippen LogP contribution in [0.25, 0.3) is 39.6 Å². The van der Waals surface area contributed by atoms with Gasteiger partial charge in [0.2, 0.25) is 0 Å². The summed E-state index contributed by atoms with van der Waals surface area (Å²) in [5, 5.41) is 1.78. The van der Waals surface area contributed by atoms with Crippen LogP contribution in [0.1, 0.15) is 17.0 Å². The van der Waals surface area contributed by atoms with E-state index in [4.69, 9.17) is 4.98 Å². The number of hydrogen-bond donors (Lipinski definition) is 0. The van der Waals surface area contributed by atoms with E-state index in [9.17, 15) is 4.79 Å². The molecule has 0 amide bonds. The van der Waals surface area contributed by atoms with Gasteiger partial charge in [-0.2, -0.15) is 0 Å². The van der Waals surface area contributed by atoms with Crippen LogP contribution in [0.3, 0.4) is 0 Å². The van der Waals surface area contributed by atoms with E-state index in [-0.39, 0.29) is 5.56 Å². The average molecular weight is 391 g/mol. The topological polar surface area (TPSA) is 39.8 Å². The monoisotopic (exact) mass is 391 g/mol. The predicted octanol–water partition coefficient (Wildman–Crippen LogP) is 5.36. The van der Waals surface area contributed by atoms with Gasteiger partial charge < -0.3 is 4.57 Å². The SMILES string of the molecule is Cc1ccccc1-n1c(/C=C\c2cn(C)c3ccccc23)nc2ccccc2c1=O. The molecular weight excluding hydrogens is 370 g/mol. The molecule has 0 saturated heterocycles. The van der Waals surface area contributed by atoms with Crippen LogP contribution in [0.5, 0.6) is 0 Å². The predicted molar refractivity (Wildman–Crippen MR) is 124 cm³/mol. The van der Waals surface area contributed by atoms with Crippen molar-refractivity contribution < 1.29 is 0 Å². The molecule has 0 fully saturated rings. The molecule has 0 unspecified atom stereocenters. The Balaban J connectivity index is 1.76. The fourth-order valence-corrected chi connectivity index (χ4v) is 3.98. The number of para-hydroxylation sites is 3. The maximum absolute atomic E-state index is 13.4. The molecule has 30 heavy (non-hydrogen) atoms. The highest BCUT2D eigenvalue weighted by Gasteiger charge is 2.12. The molecule has 0 radical (unpaired) electrons. The van der Waals surface area contributed by atoms with Crippen LogP contribution in [0.15, 0.2) is 83.8 Å². The molecule has 0 N–H and O–H groups in total. The van der Waals surface area contributed by atoms with Crippen molar-refractivity contribution in [2.24, 2.45) is 7.05 Å². The fraction of sp³-hybridized carbons (Fsp3) is 0.0769. The summed E-state index contributed by atoms with van der Waals surface area (Å²) in [5.74, 6) is 0.612. The van der Waals surface area contributed by atoms with Gasteiger partial charge in [0, 0.05) is 29.7 Å². The second-order valence-electron chi connectivity index (χ2n) is 7.46. The van der Waals surface area contributed by atoms with Gasteiger partial charge in [-0.1, -0.05) is 48.5 Å². The van der Waals surface area contributed by atoms with Crippen molar-refractivity contribution in [3.8, 4) is 5.69 Å². The molecule has 5 rings (SSSR count). The molecule has 0 saturated carbocycles. The second-order valence-corrected chi connectivity index (χ2v) is 7.46. The number of benzene rings is 3. The van der Waals surface area contributed by atoms with Gasteiger partial charge in [-0.05, 0) is 48.9 Å². The molecule has 3 aromatic carbocycles. The van der Waals surface area contributed by atoms with Gasteiger partial charge in [-0.3, -0.25) is 9.36 Å². The first-order valence-electron chi connectivity index (χ1n) is 9.93. The highest BCUT2D eigenvalue weighted by Crippen LogP contribution is 2.23. The largest absolute Gasteiger partial charge is 0.350 e. The second kappa shape index (κ2) is 7.16. The third-order valence-corrected chi connectivity index (χ3v) is 5.50. The van der Waals surface area contributed by atoms with E-state index >= 15 is 0 Å². The average Bonchev–Trinajstić information content (AvgIpc) is 3.09. The van der Waals surface area contributed by atoms with Crippen molar-refractivity contribution in [3.63, 3.8) is 0 Å². The number of rotatable bonds is 3. The van der Waals surface area contributed by atoms with Crippen molar-refractivity contribution >= 4 is 34.0 Å². The van der Waals surface area contributed by atoms with E-state index < -0.39 is 0 Å². The summed E-state index contributed by atoms with van der Waals surface area (Å²) in [7, 11) is 2.04. The lowest BCUT2D eigenvalue weighted by atomic mass is 10.1. The summed E-state index contributed by atoms with van der Waals surface area (Å²) in [6, 6.07) is 23.7. The van der Waals surface area contributed by atoms with Gasteiger partial charge in [0.25, 0.3) is 5.56 Å². The van der Waals surface area contributed by atoms with Gasteiger partial charge in [-0.25, -0.2) is 4.98 Å². The molecule has 4 heteroatoms. The van der Waals surface area contributed by atoms with Crippen molar-refractivity contribution in [3.05, 3.63) is 106 Å². The third kappa shape index (κ3) is 2.94. The molecule has 4 nitrogen and oxygen atoms in total. The Hall–Kier alpha value is -3.92. The highest BCUT2D eigenvalue weighted by atomic mass is 16.1. The van der Waals surface area contributed by atoms with Gasteiger partial charge in [0.05, 0.1) is 16.6 Å². The Kier molecular flexibility index (Phi) is 4.32. The van der Waals surface area contributed by atoms with Crippen LogP contribution >= 0.6 is 0 Å². The van der Waals surface area contributed by atoms with Gasteiger partial charge >= 0.3 is 0 Å². The summed E-state index contributed by atoms with van der Waals surface area (Å²) >= 11 is 0. The maximum Gasteiger partial charge on any atom is 0.266 e. The minimum Gasteiger partial charge on any atom is -0.350 e. The van der Waals surface area contributed by atoms with E-state index in [2.05, 4.69) is 22.9 Å². The van der Waals surface area contributed by atoms with Gasteiger partial charge in [0.15, 0.2) is 0 Å². The quantitative estimate of drug-likeness (QED) is 0.416. The summed E-state index contributed by atoms with van der Waals surface area (Å²) < 4.78 is 3.82. The van der Waals surface area contributed by atoms with Gasteiger partial charge in [0.1, 0.15) is 5.82 Å². The lowest BCUT2D eigenvalue weighted by Gasteiger charge is -2.13. The third-order valence-electron chi connectivity index (χ3n) is 5.50. The Bertz CT molecular complexity index is 1490. The minimum atomic E-state index is -0.0625. The van der Waals surface area contributed by atoms with Crippen molar-refractivity contribution in [2.75, 3.05) is 0 Å². The molecule has 2 aromatic heterocycles. The molecule has 0 aliphatic heterocycles. The smallest absolute Gasteiger partial charge is 0.266 e. The number of nitrogens with zero attached hydrogens (tertiary/aromatic N) is 3. The number of aryl methyl sites for hydroxylation is 2. The molecule has 0 aliphatic rings. The summed E-state index contributed by atoms with van der Waals surface area (Å²) in [5.41, 5.74) is 4.76. The lowest BCUT2D eigenvalue weighted by Crippen LogP contribution is -2.23. The molecule has 0 bridgehead atoms. The normalized spacial score (nSPS) is 11.7. The lowest BCUT2D eigenvalue weighted by molar-refractivity contribution is 0.934. The van der Waals surface area contributed by atoms with Crippen LogP contribution < -0.4 is 5.56 Å². The van der Waals surface area contributed by atoms with E-state index in [0.717, 1.165) is 16.8 Å². The van der Waals surface area contributed by atoms with Crippen molar-refractivity contribution in [1.29, 1.82) is 0 Å². The summed E-state index contributed by atoms with van der Waals surface area (Å²) in [4.78, 5) is 18.2. The fourth-order valence-electron chi connectivity index (χ4n) is 3.98. The first kappa shape index (κ1) is 18.1. The molecule has 0 spiro atoms. The number of fused-ring (bicyclic) bond motifs is 2. The van der Waals surface area contributed by atoms with Gasteiger partial charge in [-0.15, -0.1) is 0 Å². The standard InChI is InChI=1S/C26H21N3O/c1-18-9-3-7-13-23(18)29-25(27-22-12-6-4-11-21(22)26(29)30)16-15-19-17-28(2)24-14-8-5-10-20(19)24/h3-17H,1-2H3/b16-15-. The zero-order valence-electron chi connectivity index (χ0n) is 16.9. The Morgan fingerprint density at radius 3 is 2.37 bits per heavy atom. The summed E-state index contributed by atoms with van der Waals surface area (Å²) in [6.07, 6.45) is 6.06. The van der Waals surface area contributed by atoms with Crippen molar-refractivity contribution in [1.82, 2.24) is 14.1 Å². The number of hydrogen-bond acceptors (Lipinski definition) is 2.